The molecule has 0 N–H and O–H groups in total. The van der Waals surface area contributed by atoms with Crippen molar-refractivity contribution in [2.75, 3.05) is 0 Å². The quantitative estimate of drug-likeness (QED) is 0.618. The summed E-state index contributed by atoms with van der Waals surface area (Å²) in [5, 5.41) is 22.1. The molecule has 126 valence electrons. The summed E-state index contributed by atoms with van der Waals surface area (Å²) in [7, 11) is 0. The number of hydrogen-bond donors (Lipinski definition) is 0. The van der Waals surface area contributed by atoms with Crippen LogP contribution in [0.1, 0.15) is 30.4 Å². The van der Waals surface area contributed by atoms with Crippen molar-refractivity contribution in [3.05, 3.63) is 85.5 Å². The molecule has 0 spiro atoms. The average molecular weight is 338 g/mol. The first kappa shape index (κ1) is 16.5. The molecule has 25 heavy (non-hydrogen) atoms. The second-order valence-electron chi connectivity index (χ2n) is 5.88. The molecule has 7 heteroatoms. The second kappa shape index (κ2) is 6.27. The third-order valence-corrected chi connectivity index (χ3v) is 4.41. The van der Waals surface area contributed by atoms with Crippen LogP contribution in [0, 0.1) is 20.2 Å². The summed E-state index contributed by atoms with van der Waals surface area (Å²) in [4.78, 5) is 33.3. The van der Waals surface area contributed by atoms with E-state index in [1.165, 1.54) is 24.3 Å². The minimum absolute atomic E-state index is 0.0482. The van der Waals surface area contributed by atoms with Gasteiger partial charge in [-0.2, -0.15) is 0 Å². The molecule has 0 unspecified atom stereocenters. The van der Waals surface area contributed by atoms with Crippen LogP contribution in [0.25, 0.3) is 5.57 Å². The van der Waals surface area contributed by atoms with Gasteiger partial charge in [0.1, 0.15) is 0 Å². The van der Waals surface area contributed by atoms with Gasteiger partial charge < -0.3 is 0 Å². The Labute approximate surface area is 142 Å². The minimum Gasteiger partial charge on any atom is -0.295 e. The van der Waals surface area contributed by atoms with Crippen molar-refractivity contribution in [2.24, 2.45) is 0 Å². The Morgan fingerprint density at radius 2 is 1.56 bits per heavy atom. The summed E-state index contributed by atoms with van der Waals surface area (Å²) < 4.78 is 0. The molecular formula is C18H14N2O5. The number of carbonyl (C=O) groups excluding carboxylic acids is 1. The van der Waals surface area contributed by atoms with Gasteiger partial charge in [-0.1, -0.05) is 24.3 Å². The normalized spacial score (nSPS) is 17.0. The van der Waals surface area contributed by atoms with Gasteiger partial charge in [-0.25, -0.2) is 0 Å². The Morgan fingerprint density at radius 1 is 0.960 bits per heavy atom. The lowest BCUT2D eigenvalue weighted by Gasteiger charge is -2.15. The van der Waals surface area contributed by atoms with Gasteiger partial charge in [0, 0.05) is 36.6 Å². The summed E-state index contributed by atoms with van der Waals surface area (Å²) in [5.74, 6) is -0.410. The second-order valence-corrected chi connectivity index (χ2v) is 5.88. The number of ketones is 1. The maximum absolute atomic E-state index is 12.3. The van der Waals surface area contributed by atoms with E-state index in [0.29, 0.717) is 22.3 Å². The lowest BCUT2D eigenvalue weighted by Crippen LogP contribution is -2.01. The van der Waals surface area contributed by atoms with Gasteiger partial charge in [-0.3, -0.25) is 25.0 Å². The van der Waals surface area contributed by atoms with Crippen LogP contribution < -0.4 is 0 Å². The SMILES string of the molecule is CC1=C(c2cccc([N+](=O)[O-])c2)[C@@H](c2cccc([N+](=O)[O-])c2)CC1=O. The van der Waals surface area contributed by atoms with Crippen molar-refractivity contribution in [2.45, 2.75) is 19.3 Å². The monoisotopic (exact) mass is 338 g/mol. The maximum atomic E-state index is 12.3. The summed E-state index contributed by atoms with van der Waals surface area (Å²) in [6, 6.07) is 12.3. The number of nitro benzene ring substituents is 2. The van der Waals surface area contributed by atoms with Gasteiger partial charge >= 0.3 is 0 Å². The van der Waals surface area contributed by atoms with E-state index in [-0.39, 0.29) is 29.5 Å². The number of allylic oxidation sites excluding steroid dienone is 2. The third-order valence-electron chi connectivity index (χ3n) is 4.41. The zero-order valence-corrected chi connectivity index (χ0v) is 13.3. The first-order chi connectivity index (χ1) is 11.9. The Kier molecular flexibility index (Phi) is 4.14. The predicted octanol–water partition coefficient (Wildman–Crippen LogP) is 4.03. The van der Waals surface area contributed by atoms with Gasteiger partial charge in [-0.15, -0.1) is 0 Å². The van der Waals surface area contributed by atoms with E-state index in [2.05, 4.69) is 0 Å². The Bertz CT molecular complexity index is 933. The van der Waals surface area contributed by atoms with E-state index in [1.54, 1.807) is 31.2 Å². The standard InChI is InChI=1S/C18H14N2O5/c1-11-17(21)10-16(12-4-2-6-14(8-12)19(22)23)18(11)13-5-3-7-15(9-13)20(24)25/h2-9,16H,10H2,1H3/t16-/m1/s1. The molecule has 3 rings (SSSR count). The van der Waals surface area contributed by atoms with Crippen LogP contribution in [0.2, 0.25) is 0 Å². The third kappa shape index (κ3) is 3.03. The van der Waals surface area contributed by atoms with Crippen LogP contribution in [-0.2, 0) is 4.79 Å². The van der Waals surface area contributed by atoms with Crippen molar-refractivity contribution in [3.63, 3.8) is 0 Å². The Morgan fingerprint density at radius 3 is 2.20 bits per heavy atom. The topological polar surface area (TPSA) is 103 Å². The van der Waals surface area contributed by atoms with Crippen molar-refractivity contribution < 1.29 is 14.6 Å². The summed E-state index contributed by atoms with van der Waals surface area (Å²) in [5.41, 5.74) is 2.36. The molecule has 2 aromatic carbocycles. The predicted molar refractivity (Wildman–Crippen MR) is 91.2 cm³/mol. The minimum atomic E-state index is -0.488. The highest BCUT2D eigenvalue weighted by molar-refractivity contribution is 6.09. The van der Waals surface area contributed by atoms with Gasteiger partial charge in [0.05, 0.1) is 9.85 Å². The first-order valence-electron chi connectivity index (χ1n) is 7.61. The lowest BCUT2D eigenvalue weighted by atomic mass is 9.87. The zero-order valence-electron chi connectivity index (χ0n) is 13.3. The molecule has 0 radical (unpaired) electrons. The molecule has 0 saturated carbocycles. The molecule has 7 nitrogen and oxygen atoms in total. The van der Waals surface area contributed by atoms with E-state index in [4.69, 9.17) is 0 Å². The van der Waals surface area contributed by atoms with Crippen molar-refractivity contribution in [1.29, 1.82) is 0 Å². The Hall–Kier alpha value is -3.35. The summed E-state index contributed by atoms with van der Waals surface area (Å²) in [6.07, 6.45) is 0.199. The molecule has 0 fully saturated rings. The molecule has 1 aliphatic rings. The molecule has 1 atom stereocenters. The van der Waals surface area contributed by atoms with E-state index >= 15 is 0 Å². The molecule has 0 aromatic heterocycles. The Balaban J connectivity index is 2.11. The number of carbonyl (C=O) groups is 1. The van der Waals surface area contributed by atoms with E-state index in [0.717, 1.165) is 0 Å². The van der Waals surface area contributed by atoms with Gasteiger partial charge in [-0.05, 0) is 29.2 Å². The van der Waals surface area contributed by atoms with Crippen molar-refractivity contribution in [1.82, 2.24) is 0 Å². The van der Waals surface area contributed by atoms with Crippen molar-refractivity contribution in [3.8, 4) is 0 Å². The van der Waals surface area contributed by atoms with E-state index in [9.17, 15) is 25.0 Å². The highest BCUT2D eigenvalue weighted by atomic mass is 16.6. The largest absolute Gasteiger partial charge is 0.295 e. The number of non-ortho nitro benzene ring substituents is 2. The van der Waals surface area contributed by atoms with Crippen LogP contribution in [0.5, 0.6) is 0 Å². The molecule has 0 bridgehead atoms. The van der Waals surface area contributed by atoms with Crippen LogP contribution >= 0.6 is 0 Å². The van der Waals surface area contributed by atoms with Crippen molar-refractivity contribution >= 4 is 22.7 Å². The van der Waals surface area contributed by atoms with Gasteiger partial charge in [0.25, 0.3) is 11.4 Å². The van der Waals surface area contributed by atoms with E-state index in [1.807, 2.05) is 0 Å². The number of Topliss-reactive ketones (excluding diaryl/α,β-unsaturated/α-hetero) is 1. The zero-order chi connectivity index (χ0) is 18.1. The fourth-order valence-corrected chi connectivity index (χ4v) is 3.20. The first-order valence-corrected chi connectivity index (χ1v) is 7.61. The summed E-state index contributed by atoms with van der Waals surface area (Å²) >= 11 is 0. The molecular weight excluding hydrogens is 324 g/mol. The van der Waals surface area contributed by atoms with E-state index < -0.39 is 9.85 Å². The number of nitro groups is 2. The summed E-state index contributed by atoms with van der Waals surface area (Å²) in [6.45, 7) is 1.69. The van der Waals surface area contributed by atoms with Gasteiger partial charge in [0.2, 0.25) is 0 Å². The molecule has 2 aromatic rings. The molecule has 1 aliphatic carbocycles. The molecule has 0 amide bonds. The molecule has 0 aliphatic heterocycles. The fourth-order valence-electron chi connectivity index (χ4n) is 3.20. The number of hydrogen-bond acceptors (Lipinski definition) is 5. The number of nitrogens with zero attached hydrogens (tertiary/aromatic N) is 2. The highest BCUT2D eigenvalue weighted by Crippen LogP contribution is 2.44. The number of rotatable bonds is 4. The maximum Gasteiger partial charge on any atom is 0.270 e. The van der Waals surface area contributed by atoms with Crippen LogP contribution in [0.4, 0.5) is 11.4 Å². The van der Waals surface area contributed by atoms with Gasteiger partial charge in [0.15, 0.2) is 5.78 Å². The molecule has 0 saturated heterocycles. The highest BCUT2D eigenvalue weighted by Gasteiger charge is 2.33. The smallest absolute Gasteiger partial charge is 0.270 e. The average Bonchev–Trinajstić information content (AvgIpc) is 2.90. The molecule has 0 heterocycles. The fraction of sp³-hybridized carbons (Fsp3) is 0.167. The van der Waals surface area contributed by atoms with Crippen LogP contribution in [0.15, 0.2) is 54.1 Å². The number of benzene rings is 2. The lowest BCUT2D eigenvalue weighted by molar-refractivity contribution is -0.385. The van der Waals surface area contributed by atoms with Crippen LogP contribution in [-0.4, -0.2) is 15.6 Å². The van der Waals surface area contributed by atoms with Crippen LogP contribution in [0.3, 0.4) is 0 Å².